The lowest BCUT2D eigenvalue weighted by Gasteiger charge is -2.13. The number of anilines is 2. The number of fused-ring (bicyclic) bond motifs is 2. The number of hydrogen-bond donors (Lipinski definition) is 3. The Morgan fingerprint density at radius 1 is 0.694 bits per heavy atom. The molecule has 6 rings (SSSR count). The van der Waals surface area contributed by atoms with Gasteiger partial charge in [0.15, 0.2) is 0 Å². The van der Waals surface area contributed by atoms with Crippen molar-refractivity contribution in [3.8, 4) is 11.1 Å². The van der Waals surface area contributed by atoms with Crippen LogP contribution in [0.2, 0.25) is 0 Å². The summed E-state index contributed by atoms with van der Waals surface area (Å²) in [4.78, 5) is 26.2. The lowest BCUT2D eigenvalue weighted by molar-refractivity contribution is -0.115. The molecule has 2 amide bonds. The van der Waals surface area contributed by atoms with E-state index in [0.717, 1.165) is 46.2 Å². The van der Waals surface area contributed by atoms with E-state index in [0.29, 0.717) is 22.5 Å². The van der Waals surface area contributed by atoms with Gasteiger partial charge in [0.2, 0.25) is 0 Å². The number of amides is 2. The Bertz CT molecular complexity index is 1520. The smallest absolute Gasteiger partial charge is 0.255 e. The van der Waals surface area contributed by atoms with Gasteiger partial charge in [0.1, 0.15) is 0 Å². The fourth-order valence-electron chi connectivity index (χ4n) is 4.68. The van der Waals surface area contributed by atoms with Crippen molar-refractivity contribution in [2.45, 2.75) is 18.9 Å². The van der Waals surface area contributed by atoms with Crippen molar-refractivity contribution in [2.75, 3.05) is 11.1 Å². The predicted octanol–water partition coefficient (Wildman–Crippen LogP) is 5.74. The Kier molecular flexibility index (Phi) is 5.38. The zero-order valence-electron chi connectivity index (χ0n) is 19.6. The molecule has 0 radical (unpaired) electrons. The van der Waals surface area contributed by atoms with Gasteiger partial charge in [-0.2, -0.15) is 0 Å². The van der Waals surface area contributed by atoms with Crippen molar-refractivity contribution < 1.29 is 9.59 Å². The van der Waals surface area contributed by atoms with E-state index in [-0.39, 0.29) is 17.9 Å². The van der Waals surface area contributed by atoms with E-state index in [1.165, 1.54) is 0 Å². The predicted molar refractivity (Wildman–Crippen MR) is 144 cm³/mol. The molecular weight excluding hydrogens is 446 g/mol. The summed E-state index contributed by atoms with van der Waals surface area (Å²) >= 11 is 0. The molecule has 36 heavy (non-hydrogen) atoms. The lowest BCUT2D eigenvalue weighted by atomic mass is 9.92. The van der Waals surface area contributed by atoms with Crippen LogP contribution in [0.5, 0.6) is 0 Å². The minimum absolute atomic E-state index is 0.0471. The van der Waals surface area contributed by atoms with Crippen molar-refractivity contribution in [2.24, 2.45) is 0 Å². The second kappa shape index (κ2) is 8.86. The van der Waals surface area contributed by atoms with Crippen molar-refractivity contribution in [1.82, 2.24) is 5.32 Å². The maximum atomic E-state index is 13.3. The summed E-state index contributed by atoms with van der Waals surface area (Å²) in [7, 11) is 0. The molecule has 2 aliphatic rings. The summed E-state index contributed by atoms with van der Waals surface area (Å²) in [5.74, 6) is -0.286. The SMILES string of the molecule is Nc1ccccc1NC(=O)c1ccc(C2=C(C(=O)NC3CC3)c3ccc(-c4ccccc4)c2c3)cc1. The van der Waals surface area contributed by atoms with Gasteiger partial charge in [-0.05, 0) is 71.0 Å². The van der Waals surface area contributed by atoms with E-state index < -0.39 is 0 Å². The highest BCUT2D eigenvalue weighted by atomic mass is 16.2. The molecule has 0 aromatic heterocycles. The molecule has 0 spiro atoms. The number of nitrogen functional groups attached to an aromatic ring is 1. The highest BCUT2D eigenvalue weighted by Crippen LogP contribution is 2.44. The molecule has 5 heteroatoms. The second-order valence-electron chi connectivity index (χ2n) is 9.24. The molecule has 4 aromatic carbocycles. The molecule has 1 saturated carbocycles. The highest BCUT2D eigenvalue weighted by molar-refractivity contribution is 6.32. The van der Waals surface area contributed by atoms with Gasteiger partial charge in [0.05, 0.1) is 16.9 Å². The topological polar surface area (TPSA) is 84.2 Å². The Labute approximate surface area is 209 Å². The maximum Gasteiger partial charge on any atom is 0.255 e. The van der Waals surface area contributed by atoms with Gasteiger partial charge >= 0.3 is 0 Å². The average Bonchev–Trinajstić information content (AvgIpc) is 3.67. The fourth-order valence-corrected chi connectivity index (χ4v) is 4.68. The van der Waals surface area contributed by atoms with Crippen LogP contribution in [0, 0.1) is 0 Å². The first-order chi connectivity index (χ1) is 17.6. The normalized spacial score (nSPS) is 14.0. The van der Waals surface area contributed by atoms with Crippen LogP contribution in [0.25, 0.3) is 22.3 Å². The van der Waals surface area contributed by atoms with Crippen molar-refractivity contribution in [3.05, 3.63) is 119 Å². The highest BCUT2D eigenvalue weighted by Gasteiger charge is 2.31. The van der Waals surface area contributed by atoms with Gasteiger partial charge in [-0.3, -0.25) is 9.59 Å². The summed E-state index contributed by atoms with van der Waals surface area (Å²) in [5.41, 5.74) is 14.2. The summed E-state index contributed by atoms with van der Waals surface area (Å²) in [5, 5.41) is 6.02. The third kappa shape index (κ3) is 4.05. The van der Waals surface area contributed by atoms with E-state index in [2.05, 4.69) is 34.9 Å². The molecule has 176 valence electrons. The summed E-state index contributed by atoms with van der Waals surface area (Å²) < 4.78 is 0. The van der Waals surface area contributed by atoms with Crippen LogP contribution in [-0.4, -0.2) is 17.9 Å². The monoisotopic (exact) mass is 471 g/mol. The van der Waals surface area contributed by atoms with Crippen LogP contribution in [0.1, 0.15) is 39.9 Å². The minimum Gasteiger partial charge on any atom is -0.397 e. The van der Waals surface area contributed by atoms with E-state index in [1.807, 2.05) is 48.5 Å². The van der Waals surface area contributed by atoms with Crippen molar-refractivity contribution in [3.63, 3.8) is 0 Å². The number of hydrogen-bond acceptors (Lipinski definition) is 3. The number of benzene rings is 4. The fraction of sp³-hybridized carbons (Fsp3) is 0.0968. The molecule has 0 unspecified atom stereocenters. The average molecular weight is 472 g/mol. The Hall–Kier alpha value is -4.64. The number of carbonyl (C=O) groups excluding carboxylic acids is 2. The van der Waals surface area contributed by atoms with Gasteiger partial charge in [0, 0.05) is 17.2 Å². The Balaban J connectivity index is 1.38. The lowest BCUT2D eigenvalue weighted by Crippen LogP contribution is -2.26. The molecule has 1 fully saturated rings. The molecule has 4 N–H and O–H groups in total. The van der Waals surface area contributed by atoms with Gasteiger partial charge in [-0.1, -0.05) is 66.7 Å². The van der Waals surface area contributed by atoms with E-state index >= 15 is 0 Å². The molecular formula is C31H25N3O2. The third-order valence-corrected chi connectivity index (χ3v) is 6.70. The first-order valence-corrected chi connectivity index (χ1v) is 12.1. The quantitative estimate of drug-likeness (QED) is 0.314. The van der Waals surface area contributed by atoms with E-state index in [4.69, 9.17) is 5.73 Å². The molecule has 0 aliphatic heterocycles. The molecule has 5 nitrogen and oxygen atoms in total. The maximum absolute atomic E-state index is 13.3. The van der Waals surface area contributed by atoms with Crippen molar-refractivity contribution >= 4 is 34.3 Å². The first-order valence-electron chi connectivity index (χ1n) is 12.1. The Morgan fingerprint density at radius 3 is 2.11 bits per heavy atom. The van der Waals surface area contributed by atoms with Crippen LogP contribution in [0.4, 0.5) is 11.4 Å². The number of carbonyl (C=O) groups is 2. The second-order valence-corrected chi connectivity index (χ2v) is 9.24. The van der Waals surface area contributed by atoms with E-state index in [1.54, 1.807) is 24.3 Å². The number of rotatable bonds is 6. The molecule has 4 aromatic rings. The third-order valence-electron chi connectivity index (χ3n) is 6.70. The molecule has 0 heterocycles. The van der Waals surface area contributed by atoms with Crippen LogP contribution < -0.4 is 16.4 Å². The van der Waals surface area contributed by atoms with Crippen LogP contribution in [0.3, 0.4) is 0 Å². The van der Waals surface area contributed by atoms with Crippen LogP contribution in [-0.2, 0) is 4.79 Å². The molecule has 2 bridgehead atoms. The minimum atomic E-state index is -0.239. The zero-order chi connectivity index (χ0) is 24.6. The van der Waals surface area contributed by atoms with Gasteiger partial charge in [-0.15, -0.1) is 0 Å². The summed E-state index contributed by atoms with van der Waals surface area (Å²) in [6, 6.07) is 31.2. The standard InChI is InChI=1S/C31H25N3O2/c32-26-8-4-5-9-27(26)34-30(35)21-12-10-20(11-13-21)28-25-18-22(29(28)31(36)33-23-15-16-23)14-17-24(25)19-6-2-1-3-7-19/h1-14,17-18,23H,15-16,32H2,(H,33,36)(H,34,35). The van der Waals surface area contributed by atoms with Gasteiger partial charge in [0.25, 0.3) is 11.8 Å². The number of para-hydroxylation sites is 2. The van der Waals surface area contributed by atoms with Crippen LogP contribution in [0.15, 0.2) is 97.1 Å². The Morgan fingerprint density at radius 2 is 1.39 bits per heavy atom. The summed E-state index contributed by atoms with van der Waals surface area (Å²) in [6.45, 7) is 0. The molecule has 0 saturated heterocycles. The van der Waals surface area contributed by atoms with Crippen LogP contribution >= 0.6 is 0 Å². The van der Waals surface area contributed by atoms with E-state index in [9.17, 15) is 9.59 Å². The molecule has 2 aliphatic carbocycles. The van der Waals surface area contributed by atoms with Crippen molar-refractivity contribution in [1.29, 1.82) is 0 Å². The van der Waals surface area contributed by atoms with Gasteiger partial charge < -0.3 is 16.4 Å². The van der Waals surface area contributed by atoms with Gasteiger partial charge in [-0.25, -0.2) is 0 Å². The number of nitrogens with two attached hydrogens (primary N) is 1. The zero-order valence-corrected chi connectivity index (χ0v) is 19.6. The first kappa shape index (κ1) is 21.9. The number of nitrogens with one attached hydrogen (secondary N) is 2. The molecule has 0 atom stereocenters. The largest absolute Gasteiger partial charge is 0.397 e. The summed E-state index contributed by atoms with van der Waals surface area (Å²) in [6.07, 6.45) is 2.05.